The third kappa shape index (κ3) is 4.67. The van der Waals surface area contributed by atoms with E-state index in [1.54, 1.807) is 30.3 Å². The molecule has 1 saturated heterocycles. The van der Waals surface area contributed by atoms with Crippen molar-refractivity contribution in [3.8, 4) is 11.5 Å². The Hall–Kier alpha value is -4.17. The molecule has 4 rings (SSSR count). The number of likely N-dealkylation sites (tertiary alicyclic amines) is 1. The summed E-state index contributed by atoms with van der Waals surface area (Å²) in [6, 6.07) is 16.9. The number of likely N-dealkylation sites (N-methyl/N-ethyl adjacent to an activating group) is 1. The average molecular weight is 489 g/mol. The SMILES string of the molecule is COc1ccc(C2/C(=C(\O)c3cccc4ccccc34)C(=O)C(=O)N2CCN(C)C)cc1OC(C)=O. The van der Waals surface area contributed by atoms with Crippen molar-refractivity contribution < 1.29 is 29.0 Å². The molecule has 0 radical (unpaired) electrons. The van der Waals surface area contributed by atoms with Crippen LogP contribution in [0.4, 0.5) is 0 Å². The van der Waals surface area contributed by atoms with Gasteiger partial charge in [-0.1, -0.05) is 48.5 Å². The number of benzene rings is 3. The summed E-state index contributed by atoms with van der Waals surface area (Å²) in [5.41, 5.74) is 0.943. The van der Waals surface area contributed by atoms with Gasteiger partial charge in [0.15, 0.2) is 11.5 Å². The number of fused-ring (bicyclic) bond motifs is 1. The quantitative estimate of drug-likeness (QED) is 0.178. The number of ether oxygens (including phenoxy) is 2. The first kappa shape index (κ1) is 24.9. The number of hydrogen-bond donors (Lipinski definition) is 1. The van der Waals surface area contributed by atoms with E-state index < -0.39 is 23.7 Å². The van der Waals surface area contributed by atoms with E-state index in [2.05, 4.69) is 0 Å². The minimum absolute atomic E-state index is 0.0194. The summed E-state index contributed by atoms with van der Waals surface area (Å²) in [5.74, 6) is -1.78. The molecule has 8 heteroatoms. The third-order valence-electron chi connectivity index (χ3n) is 6.13. The monoisotopic (exact) mass is 488 g/mol. The van der Waals surface area contributed by atoms with Crippen molar-refractivity contribution in [1.29, 1.82) is 0 Å². The summed E-state index contributed by atoms with van der Waals surface area (Å²) < 4.78 is 10.6. The summed E-state index contributed by atoms with van der Waals surface area (Å²) >= 11 is 0. The molecule has 186 valence electrons. The maximum Gasteiger partial charge on any atom is 0.308 e. The number of carbonyl (C=O) groups is 3. The van der Waals surface area contributed by atoms with Crippen molar-refractivity contribution in [1.82, 2.24) is 9.80 Å². The van der Waals surface area contributed by atoms with Gasteiger partial charge < -0.3 is 24.4 Å². The van der Waals surface area contributed by atoms with Crippen molar-refractivity contribution in [2.45, 2.75) is 13.0 Å². The maximum atomic E-state index is 13.3. The number of rotatable bonds is 7. The van der Waals surface area contributed by atoms with E-state index in [4.69, 9.17) is 9.47 Å². The highest BCUT2D eigenvalue weighted by molar-refractivity contribution is 6.46. The number of aliphatic hydroxyl groups excluding tert-OH is 1. The number of esters is 1. The molecule has 1 N–H and O–H groups in total. The zero-order valence-electron chi connectivity index (χ0n) is 20.6. The molecule has 1 atom stereocenters. The molecule has 1 aliphatic rings. The van der Waals surface area contributed by atoms with Gasteiger partial charge in [0.05, 0.1) is 18.7 Å². The molecule has 1 aliphatic heterocycles. The highest BCUT2D eigenvalue weighted by Crippen LogP contribution is 2.42. The minimum atomic E-state index is -0.885. The largest absolute Gasteiger partial charge is 0.507 e. The van der Waals surface area contributed by atoms with Crippen molar-refractivity contribution in [2.75, 3.05) is 34.3 Å². The van der Waals surface area contributed by atoms with Crippen LogP contribution < -0.4 is 9.47 Å². The molecular formula is C28H28N2O6. The molecule has 1 heterocycles. The van der Waals surface area contributed by atoms with Crippen LogP contribution in [0.15, 0.2) is 66.2 Å². The van der Waals surface area contributed by atoms with Crippen LogP contribution in [0.25, 0.3) is 16.5 Å². The second kappa shape index (κ2) is 10.2. The van der Waals surface area contributed by atoms with Crippen LogP contribution in [0, 0.1) is 0 Å². The second-order valence-corrected chi connectivity index (χ2v) is 8.83. The highest BCUT2D eigenvalue weighted by atomic mass is 16.6. The topological polar surface area (TPSA) is 96.4 Å². The first-order valence-electron chi connectivity index (χ1n) is 11.5. The number of ketones is 1. The fraction of sp³-hybridized carbons (Fsp3) is 0.250. The zero-order valence-corrected chi connectivity index (χ0v) is 20.6. The van der Waals surface area contributed by atoms with Crippen LogP contribution in [0.1, 0.15) is 24.1 Å². The van der Waals surface area contributed by atoms with E-state index in [9.17, 15) is 19.5 Å². The lowest BCUT2D eigenvalue weighted by Crippen LogP contribution is -2.35. The van der Waals surface area contributed by atoms with Gasteiger partial charge in [-0.15, -0.1) is 0 Å². The molecule has 1 fully saturated rings. The molecule has 0 aromatic heterocycles. The lowest BCUT2D eigenvalue weighted by atomic mass is 9.93. The normalized spacial score (nSPS) is 17.1. The minimum Gasteiger partial charge on any atom is -0.507 e. The van der Waals surface area contributed by atoms with Gasteiger partial charge in [0.2, 0.25) is 0 Å². The lowest BCUT2D eigenvalue weighted by Gasteiger charge is -2.27. The number of amides is 1. The van der Waals surface area contributed by atoms with E-state index in [-0.39, 0.29) is 23.6 Å². The highest BCUT2D eigenvalue weighted by Gasteiger charge is 2.46. The molecular weight excluding hydrogens is 460 g/mol. The second-order valence-electron chi connectivity index (χ2n) is 8.83. The number of aliphatic hydroxyl groups is 1. The predicted octanol–water partition coefficient (Wildman–Crippen LogP) is 3.76. The first-order chi connectivity index (χ1) is 17.2. The Morgan fingerprint density at radius 2 is 1.75 bits per heavy atom. The molecule has 3 aromatic carbocycles. The summed E-state index contributed by atoms with van der Waals surface area (Å²) in [6.45, 7) is 2.03. The van der Waals surface area contributed by atoms with Crippen molar-refractivity contribution >= 4 is 34.2 Å². The van der Waals surface area contributed by atoms with Crippen molar-refractivity contribution in [3.05, 3.63) is 77.4 Å². The van der Waals surface area contributed by atoms with E-state index in [1.165, 1.54) is 18.9 Å². The Labute approximate surface area is 209 Å². The number of Topliss-reactive ketones (excluding diaryl/α,β-unsaturated/α-hetero) is 1. The van der Waals surface area contributed by atoms with E-state index >= 15 is 0 Å². The molecule has 3 aromatic rings. The van der Waals surface area contributed by atoms with Crippen LogP contribution in [0.2, 0.25) is 0 Å². The van der Waals surface area contributed by atoms with Gasteiger partial charge in [-0.05, 0) is 42.6 Å². The Kier molecular flexibility index (Phi) is 7.07. The van der Waals surface area contributed by atoms with Crippen LogP contribution in [0.3, 0.4) is 0 Å². The Morgan fingerprint density at radius 1 is 1.03 bits per heavy atom. The van der Waals surface area contributed by atoms with Gasteiger partial charge in [0.1, 0.15) is 5.76 Å². The number of methoxy groups -OCH3 is 1. The smallest absolute Gasteiger partial charge is 0.308 e. The first-order valence-corrected chi connectivity index (χ1v) is 11.5. The summed E-state index contributed by atoms with van der Waals surface area (Å²) in [6.07, 6.45) is 0. The van der Waals surface area contributed by atoms with Gasteiger partial charge in [0, 0.05) is 25.6 Å². The lowest BCUT2D eigenvalue weighted by molar-refractivity contribution is -0.140. The number of hydrogen-bond acceptors (Lipinski definition) is 7. The average Bonchev–Trinajstić information content (AvgIpc) is 3.11. The fourth-order valence-corrected chi connectivity index (χ4v) is 4.44. The molecule has 8 nitrogen and oxygen atoms in total. The van der Waals surface area contributed by atoms with Crippen LogP contribution in [0.5, 0.6) is 11.5 Å². The molecule has 0 bridgehead atoms. The third-order valence-corrected chi connectivity index (χ3v) is 6.13. The van der Waals surface area contributed by atoms with Crippen molar-refractivity contribution in [2.24, 2.45) is 0 Å². The van der Waals surface area contributed by atoms with Gasteiger partial charge >= 0.3 is 5.97 Å². The van der Waals surface area contributed by atoms with Crippen LogP contribution in [-0.2, 0) is 14.4 Å². The summed E-state index contributed by atoms with van der Waals surface area (Å²) in [4.78, 5) is 41.6. The van der Waals surface area contributed by atoms with Gasteiger partial charge in [-0.2, -0.15) is 0 Å². The van der Waals surface area contributed by atoms with Gasteiger partial charge in [-0.25, -0.2) is 0 Å². The molecule has 0 aliphatic carbocycles. The molecule has 0 spiro atoms. The predicted molar refractivity (Wildman–Crippen MR) is 136 cm³/mol. The zero-order chi connectivity index (χ0) is 26.0. The standard InChI is InChI=1S/C28H28N2O6/c1-17(31)36-23-16-19(12-13-22(23)35-4)25-24(27(33)28(34)30(25)15-14-29(2)3)26(32)21-11-7-9-18-8-5-6-10-20(18)21/h5-13,16,25,32H,14-15H2,1-4H3/b26-24+. The van der Waals surface area contributed by atoms with Gasteiger partial charge in [0.25, 0.3) is 11.7 Å². The van der Waals surface area contributed by atoms with E-state index in [1.807, 2.05) is 49.3 Å². The summed E-state index contributed by atoms with van der Waals surface area (Å²) in [7, 11) is 5.19. The summed E-state index contributed by atoms with van der Waals surface area (Å²) in [5, 5.41) is 13.2. The molecule has 1 amide bonds. The fourth-order valence-electron chi connectivity index (χ4n) is 4.44. The molecule has 1 unspecified atom stereocenters. The van der Waals surface area contributed by atoms with E-state index in [0.29, 0.717) is 23.4 Å². The Bertz CT molecular complexity index is 1370. The van der Waals surface area contributed by atoms with Gasteiger partial charge in [-0.3, -0.25) is 14.4 Å². The van der Waals surface area contributed by atoms with E-state index in [0.717, 1.165) is 10.8 Å². The Morgan fingerprint density at radius 3 is 2.44 bits per heavy atom. The van der Waals surface area contributed by atoms with Crippen LogP contribution >= 0.6 is 0 Å². The Balaban J connectivity index is 1.94. The molecule has 36 heavy (non-hydrogen) atoms. The van der Waals surface area contributed by atoms with Crippen molar-refractivity contribution in [3.63, 3.8) is 0 Å². The molecule has 0 saturated carbocycles. The maximum absolute atomic E-state index is 13.3. The van der Waals surface area contributed by atoms with Crippen LogP contribution in [-0.4, -0.2) is 66.9 Å². The number of nitrogens with zero attached hydrogens (tertiary/aromatic N) is 2. The number of carbonyl (C=O) groups excluding carboxylic acids is 3.